The number of morpholine rings is 1. The van der Waals surface area contributed by atoms with Gasteiger partial charge in [-0.1, -0.05) is 42.5 Å². The number of halogens is 3. The highest BCUT2D eigenvalue weighted by atomic mass is 19.4. The molecule has 4 rings (SSSR count). The average molecular weight is 487 g/mol. The van der Waals surface area contributed by atoms with Crippen LogP contribution in [0.1, 0.15) is 46.6 Å². The molecule has 0 bridgehead atoms. The lowest BCUT2D eigenvalue weighted by Crippen LogP contribution is -2.44. The number of hydrogen-bond donors (Lipinski definition) is 1. The molecule has 1 N–H and O–H groups in total. The molecule has 2 atom stereocenters. The molecule has 1 saturated heterocycles. The van der Waals surface area contributed by atoms with Crippen LogP contribution >= 0.6 is 0 Å². The van der Waals surface area contributed by atoms with E-state index in [1.54, 1.807) is 31.2 Å². The largest absolute Gasteiger partial charge is 0.434 e. The molecule has 9 heteroatoms. The van der Waals surface area contributed by atoms with Crippen molar-refractivity contribution in [3.63, 3.8) is 0 Å². The fourth-order valence-electron chi connectivity index (χ4n) is 4.48. The SMILES string of the molecule is Cc1ccccc1-n1ncc(C(=O)NCc2ccc(CN3CC(C)OC(C)C3)cc2)c1C(F)(F)F. The standard InChI is InChI=1S/C26H29F3N4O2/c1-17-6-4-5-7-23(17)33-24(26(27,28)29)22(13-31-33)25(34)30-12-20-8-10-21(11-9-20)16-32-14-18(2)35-19(3)15-32/h4-11,13,18-19H,12,14-16H2,1-3H3,(H,30,34). The number of carbonyl (C=O) groups is 1. The number of ether oxygens (including phenoxy) is 1. The average Bonchev–Trinajstić information content (AvgIpc) is 3.24. The highest BCUT2D eigenvalue weighted by molar-refractivity contribution is 5.95. The van der Waals surface area contributed by atoms with Gasteiger partial charge in [0, 0.05) is 26.2 Å². The van der Waals surface area contributed by atoms with Crippen molar-refractivity contribution >= 4 is 5.91 Å². The highest BCUT2D eigenvalue weighted by Gasteiger charge is 2.40. The number of para-hydroxylation sites is 1. The number of aryl methyl sites for hydroxylation is 1. The lowest BCUT2D eigenvalue weighted by Gasteiger charge is -2.35. The van der Waals surface area contributed by atoms with Crippen LogP contribution < -0.4 is 5.32 Å². The second-order valence-electron chi connectivity index (χ2n) is 9.05. The summed E-state index contributed by atoms with van der Waals surface area (Å²) in [5.41, 5.74) is 1.22. The number of aromatic nitrogens is 2. The minimum absolute atomic E-state index is 0.109. The number of amides is 1. The number of carbonyl (C=O) groups excluding carboxylic acids is 1. The molecule has 3 aromatic rings. The van der Waals surface area contributed by atoms with E-state index in [9.17, 15) is 18.0 Å². The fourth-order valence-corrected chi connectivity index (χ4v) is 4.48. The molecule has 6 nitrogen and oxygen atoms in total. The van der Waals surface area contributed by atoms with Crippen LogP contribution in [0.3, 0.4) is 0 Å². The summed E-state index contributed by atoms with van der Waals surface area (Å²) < 4.78 is 48.3. The lowest BCUT2D eigenvalue weighted by atomic mass is 10.1. The van der Waals surface area contributed by atoms with E-state index in [2.05, 4.69) is 29.2 Å². The van der Waals surface area contributed by atoms with Gasteiger partial charge >= 0.3 is 6.18 Å². The van der Waals surface area contributed by atoms with E-state index in [1.165, 1.54) is 0 Å². The topological polar surface area (TPSA) is 59.4 Å². The highest BCUT2D eigenvalue weighted by Crippen LogP contribution is 2.34. The molecule has 0 aliphatic carbocycles. The van der Waals surface area contributed by atoms with Crippen LogP contribution in [0.15, 0.2) is 54.7 Å². The van der Waals surface area contributed by atoms with Crippen molar-refractivity contribution in [2.45, 2.75) is 52.2 Å². The first-order valence-electron chi connectivity index (χ1n) is 11.6. The molecule has 1 amide bonds. The van der Waals surface area contributed by atoms with Gasteiger partial charge in [0.05, 0.1) is 29.7 Å². The third-order valence-corrected chi connectivity index (χ3v) is 6.00. The third kappa shape index (κ3) is 5.91. The van der Waals surface area contributed by atoms with Gasteiger partial charge < -0.3 is 10.1 Å². The van der Waals surface area contributed by atoms with Gasteiger partial charge in [0.15, 0.2) is 5.69 Å². The summed E-state index contributed by atoms with van der Waals surface area (Å²) in [4.78, 5) is 15.1. The van der Waals surface area contributed by atoms with Crippen molar-refractivity contribution in [1.29, 1.82) is 0 Å². The maximum absolute atomic E-state index is 13.9. The van der Waals surface area contributed by atoms with E-state index in [0.717, 1.165) is 41.6 Å². The van der Waals surface area contributed by atoms with Crippen LogP contribution in [0.25, 0.3) is 5.69 Å². The van der Waals surface area contributed by atoms with Crippen molar-refractivity contribution in [3.8, 4) is 5.69 Å². The minimum Gasteiger partial charge on any atom is -0.373 e. The van der Waals surface area contributed by atoms with Crippen molar-refractivity contribution in [3.05, 3.63) is 82.7 Å². The molecule has 186 valence electrons. The molecule has 35 heavy (non-hydrogen) atoms. The summed E-state index contributed by atoms with van der Waals surface area (Å²) in [6.45, 7) is 8.43. The lowest BCUT2D eigenvalue weighted by molar-refractivity contribution is -0.143. The van der Waals surface area contributed by atoms with Crippen LogP contribution in [0.5, 0.6) is 0 Å². The van der Waals surface area contributed by atoms with Gasteiger partial charge in [0.25, 0.3) is 5.91 Å². The molecule has 1 aliphatic rings. The molecule has 0 saturated carbocycles. The Balaban J connectivity index is 1.44. The second kappa shape index (κ2) is 10.2. The normalized spacial score (nSPS) is 19.0. The quantitative estimate of drug-likeness (QED) is 0.547. The van der Waals surface area contributed by atoms with Gasteiger partial charge in [-0.2, -0.15) is 18.3 Å². The fraction of sp³-hybridized carbons (Fsp3) is 0.385. The number of rotatable bonds is 6. The molecule has 2 unspecified atom stereocenters. The van der Waals surface area contributed by atoms with Crippen molar-refractivity contribution < 1.29 is 22.7 Å². The maximum atomic E-state index is 13.9. The minimum atomic E-state index is -4.75. The van der Waals surface area contributed by atoms with Gasteiger partial charge in [-0.25, -0.2) is 4.68 Å². The van der Waals surface area contributed by atoms with Crippen LogP contribution in [-0.4, -0.2) is 45.9 Å². The number of nitrogens with zero attached hydrogens (tertiary/aromatic N) is 3. The van der Waals surface area contributed by atoms with E-state index in [4.69, 9.17) is 4.74 Å². The van der Waals surface area contributed by atoms with Crippen molar-refractivity contribution in [2.75, 3.05) is 13.1 Å². The Labute approximate surface area is 202 Å². The predicted octanol–water partition coefficient (Wildman–Crippen LogP) is 4.74. The number of alkyl halides is 3. The predicted molar refractivity (Wildman–Crippen MR) is 126 cm³/mol. The van der Waals surface area contributed by atoms with E-state index >= 15 is 0 Å². The Hall–Kier alpha value is -3.17. The van der Waals surface area contributed by atoms with Crippen LogP contribution in [0, 0.1) is 6.92 Å². The molecule has 1 aliphatic heterocycles. The molecule has 0 spiro atoms. The summed E-state index contributed by atoms with van der Waals surface area (Å²) in [6.07, 6.45) is -3.41. The van der Waals surface area contributed by atoms with Gasteiger partial charge in [0.1, 0.15) is 0 Å². The molecular formula is C26H29F3N4O2. The Morgan fingerprint density at radius 2 is 1.69 bits per heavy atom. The van der Waals surface area contributed by atoms with Crippen LogP contribution in [0.2, 0.25) is 0 Å². The summed E-state index contributed by atoms with van der Waals surface area (Å²) in [5.74, 6) is -0.822. The van der Waals surface area contributed by atoms with Crippen LogP contribution in [0.4, 0.5) is 13.2 Å². The number of nitrogens with one attached hydrogen (secondary N) is 1. The van der Waals surface area contributed by atoms with E-state index in [0.29, 0.717) is 5.56 Å². The second-order valence-corrected chi connectivity index (χ2v) is 9.05. The van der Waals surface area contributed by atoms with Gasteiger partial charge in [-0.05, 0) is 43.5 Å². The Kier molecular flexibility index (Phi) is 7.28. The van der Waals surface area contributed by atoms with Crippen LogP contribution in [-0.2, 0) is 24.0 Å². The number of benzene rings is 2. The molecular weight excluding hydrogens is 457 g/mol. The molecule has 1 aromatic heterocycles. The maximum Gasteiger partial charge on any atom is 0.434 e. The Bertz CT molecular complexity index is 1160. The zero-order valence-corrected chi connectivity index (χ0v) is 20.0. The Morgan fingerprint density at radius 1 is 1.06 bits per heavy atom. The summed E-state index contributed by atoms with van der Waals surface area (Å²) >= 11 is 0. The molecule has 0 radical (unpaired) electrons. The Morgan fingerprint density at radius 3 is 2.31 bits per heavy atom. The first kappa shape index (κ1) is 24.9. The zero-order valence-electron chi connectivity index (χ0n) is 20.0. The molecule has 1 fully saturated rings. The van der Waals surface area contributed by atoms with Gasteiger partial charge in [-0.3, -0.25) is 9.69 Å². The van der Waals surface area contributed by atoms with E-state index in [-0.39, 0.29) is 24.4 Å². The van der Waals surface area contributed by atoms with Gasteiger partial charge in [-0.15, -0.1) is 0 Å². The summed E-state index contributed by atoms with van der Waals surface area (Å²) in [7, 11) is 0. The molecule has 2 aromatic carbocycles. The van der Waals surface area contributed by atoms with E-state index in [1.807, 2.05) is 24.3 Å². The number of hydrogen-bond acceptors (Lipinski definition) is 4. The summed E-state index contributed by atoms with van der Waals surface area (Å²) in [6, 6.07) is 14.3. The van der Waals surface area contributed by atoms with Gasteiger partial charge in [0.2, 0.25) is 0 Å². The summed E-state index contributed by atoms with van der Waals surface area (Å²) in [5, 5.41) is 6.49. The van der Waals surface area contributed by atoms with Crippen molar-refractivity contribution in [1.82, 2.24) is 20.0 Å². The first-order chi connectivity index (χ1) is 16.6. The zero-order chi connectivity index (χ0) is 25.2. The monoisotopic (exact) mass is 486 g/mol. The third-order valence-electron chi connectivity index (χ3n) is 6.00. The molecule has 2 heterocycles. The van der Waals surface area contributed by atoms with E-state index < -0.39 is 23.3 Å². The van der Waals surface area contributed by atoms with Crippen molar-refractivity contribution in [2.24, 2.45) is 0 Å². The smallest absolute Gasteiger partial charge is 0.373 e. The first-order valence-corrected chi connectivity index (χ1v) is 11.6.